The SMILES string of the molecule is Clc1cccc(CCNCCCN2CCCC2)c1. The molecule has 0 unspecified atom stereocenters. The molecule has 1 saturated heterocycles. The van der Waals surface area contributed by atoms with Crippen LogP contribution in [0.1, 0.15) is 24.8 Å². The monoisotopic (exact) mass is 266 g/mol. The van der Waals surface area contributed by atoms with Crippen LogP contribution >= 0.6 is 11.6 Å². The molecule has 1 aromatic rings. The van der Waals surface area contributed by atoms with Gasteiger partial charge >= 0.3 is 0 Å². The van der Waals surface area contributed by atoms with Gasteiger partial charge in [0.25, 0.3) is 0 Å². The van der Waals surface area contributed by atoms with Crippen molar-refractivity contribution in [2.24, 2.45) is 0 Å². The van der Waals surface area contributed by atoms with Gasteiger partial charge in [0.1, 0.15) is 0 Å². The third-order valence-electron chi connectivity index (χ3n) is 3.51. The summed E-state index contributed by atoms with van der Waals surface area (Å²) in [5.41, 5.74) is 1.31. The van der Waals surface area contributed by atoms with Crippen molar-refractivity contribution in [2.75, 3.05) is 32.7 Å². The van der Waals surface area contributed by atoms with Crippen molar-refractivity contribution in [1.29, 1.82) is 0 Å². The Balaban J connectivity index is 1.50. The molecule has 100 valence electrons. The summed E-state index contributed by atoms with van der Waals surface area (Å²) in [7, 11) is 0. The summed E-state index contributed by atoms with van der Waals surface area (Å²) in [6.07, 6.45) is 5.10. The van der Waals surface area contributed by atoms with Crippen molar-refractivity contribution in [3.8, 4) is 0 Å². The molecule has 1 aliphatic rings. The number of hydrogen-bond acceptors (Lipinski definition) is 2. The lowest BCUT2D eigenvalue weighted by atomic mass is 10.1. The molecular weight excluding hydrogens is 244 g/mol. The second kappa shape index (κ2) is 7.78. The van der Waals surface area contributed by atoms with Crippen molar-refractivity contribution in [1.82, 2.24) is 10.2 Å². The van der Waals surface area contributed by atoms with Gasteiger partial charge in [-0.3, -0.25) is 0 Å². The fourth-order valence-electron chi connectivity index (χ4n) is 2.48. The molecule has 0 spiro atoms. The molecule has 2 rings (SSSR count). The standard InChI is InChI=1S/C15H23ClN2/c16-15-6-3-5-14(13-15)7-9-17-8-4-12-18-10-1-2-11-18/h3,5-6,13,17H,1-2,4,7-12H2. The molecule has 1 heterocycles. The van der Waals surface area contributed by atoms with Gasteiger partial charge in [0.2, 0.25) is 0 Å². The Labute approximate surface area is 115 Å². The normalized spacial score (nSPS) is 16.3. The average molecular weight is 267 g/mol. The summed E-state index contributed by atoms with van der Waals surface area (Å²) in [6.45, 7) is 6.03. The Morgan fingerprint density at radius 2 is 2.00 bits per heavy atom. The topological polar surface area (TPSA) is 15.3 Å². The number of nitrogens with zero attached hydrogens (tertiary/aromatic N) is 1. The molecule has 2 nitrogen and oxygen atoms in total. The molecule has 1 aromatic carbocycles. The summed E-state index contributed by atoms with van der Waals surface area (Å²) in [6, 6.07) is 8.13. The van der Waals surface area contributed by atoms with Gasteiger partial charge in [-0.05, 0) is 76.1 Å². The predicted molar refractivity (Wildman–Crippen MR) is 78.3 cm³/mol. The Kier molecular flexibility index (Phi) is 5.98. The van der Waals surface area contributed by atoms with E-state index in [0.29, 0.717) is 0 Å². The number of likely N-dealkylation sites (tertiary alicyclic amines) is 1. The van der Waals surface area contributed by atoms with Crippen LogP contribution < -0.4 is 5.32 Å². The van der Waals surface area contributed by atoms with Crippen molar-refractivity contribution in [3.05, 3.63) is 34.9 Å². The number of benzene rings is 1. The zero-order valence-electron chi connectivity index (χ0n) is 11.0. The van der Waals surface area contributed by atoms with Gasteiger partial charge in [-0.2, -0.15) is 0 Å². The summed E-state index contributed by atoms with van der Waals surface area (Å²) in [5, 5.41) is 4.34. The fourth-order valence-corrected chi connectivity index (χ4v) is 2.70. The first kappa shape index (κ1) is 13.9. The zero-order chi connectivity index (χ0) is 12.6. The van der Waals surface area contributed by atoms with Crippen molar-refractivity contribution in [2.45, 2.75) is 25.7 Å². The molecule has 0 aromatic heterocycles. The van der Waals surface area contributed by atoms with Crippen LogP contribution in [0.15, 0.2) is 24.3 Å². The van der Waals surface area contributed by atoms with E-state index in [1.54, 1.807) is 0 Å². The van der Waals surface area contributed by atoms with Crippen LogP contribution in [0.3, 0.4) is 0 Å². The van der Waals surface area contributed by atoms with Crippen molar-refractivity contribution < 1.29 is 0 Å². The van der Waals surface area contributed by atoms with Crippen LogP contribution in [-0.2, 0) is 6.42 Å². The Bertz CT molecular complexity index is 348. The molecule has 1 aliphatic heterocycles. The van der Waals surface area contributed by atoms with Crippen LogP contribution in [0.4, 0.5) is 0 Å². The van der Waals surface area contributed by atoms with Gasteiger partial charge in [0.05, 0.1) is 0 Å². The summed E-state index contributed by atoms with van der Waals surface area (Å²) < 4.78 is 0. The smallest absolute Gasteiger partial charge is 0.0408 e. The van der Waals surface area contributed by atoms with Crippen LogP contribution in [0.5, 0.6) is 0 Å². The van der Waals surface area contributed by atoms with Crippen LogP contribution in [0.2, 0.25) is 5.02 Å². The van der Waals surface area contributed by atoms with E-state index in [-0.39, 0.29) is 0 Å². The molecular formula is C15H23ClN2. The Morgan fingerprint density at radius 3 is 2.78 bits per heavy atom. The molecule has 18 heavy (non-hydrogen) atoms. The largest absolute Gasteiger partial charge is 0.316 e. The third kappa shape index (κ3) is 4.97. The first-order chi connectivity index (χ1) is 8.84. The second-order valence-electron chi connectivity index (χ2n) is 5.03. The molecule has 0 bridgehead atoms. The maximum absolute atomic E-state index is 5.95. The third-order valence-corrected chi connectivity index (χ3v) is 3.74. The van der Waals surface area contributed by atoms with Gasteiger partial charge < -0.3 is 10.2 Å². The second-order valence-corrected chi connectivity index (χ2v) is 5.47. The average Bonchev–Trinajstić information content (AvgIpc) is 2.87. The van der Waals surface area contributed by atoms with E-state index in [4.69, 9.17) is 11.6 Å². The highest BCUT2D eigenvalue weighted by Gasteiger charge is 2.09. The van der Waals surface area contributed by atoms with E-state index < -0.39 is 0 Å². The van der Waals surface area contributed by atoms with Crippen molar-refractivity contribution >= 4 is 11.6 Å². The van der Waals surface area contributed by atoms with Crippen LogP contribution in [-0.4, -0.2) is 37.6 Å². The van der Waals surface area contributed by atoms with E-state index >= 15 is 0 Å². The van der Waals surface area contributed by atoms with Gasteiger partial charge in [-0.15, -0.1) is 0 Å². The molecule has 0 aliphatic carbocycles. The lowest BCUT2D eigenvalue weighted by Crippen LogP contribution is -2.25. The molecule has 1 fully saturated rings. The number of hydrogen-bond donors (Lipinski definition) is 1. The highest BCUT2D eigenvalue weighted by molar-refractivity contribution is 6.30. The summed E-state index contributed by atoms with van der Waals surface area (Å²) in [5.74, 6) is 0. The minimum Gasteiger partial charge on any atom is -0.316 e. The number of rotatable bonds is 7. The summed E-state index contributed by atoms with van der Waals surface area (Å²) in [4.78, 5) is 2.57. The number of nitrogens with one attached hydrogen (secondary N) is 1. The van der Waals surface area contributed by atoms with Gasteiger partial charge in [0.15, 0.2) is 0 Å². The highest BCUT2D eigenvalue weighted by atomic mass is 35.5. The number of halogens is 1. The minimum atomic E-state index is 0.835. The minimum absolute atomic E-state index is 0.835. The predicted octanol–water partition coefficient (Wildman–Crippen LogP) is 2.96. The zero-order valence-corrected chi connectivity index (χ0v) is 11.8. The first-order valence-electron chi connectivity index (χ1n) is 7.02. The van der Waals surface area contributed by atoms with E-state index in [1.807, 2.05) is 18.2 Å². The van der Waals surface area contributed by atoms with Gasteiger partial charge in [-0.1, -0.05) is 23.7 Å². The Hall–Kier alpha value is -0.570. The van der Waals surface area contributed by atoms with Gasteiger partial charge in [0, 0.05) is 5.02 Å². The maximum atomic E-state index is 5.95. The molecule has 0 radical (unpaired) electrons. The Morgan fingerprint density at radius 1 is 1.17 bits per heavy atom. The van der Waals surface area contributed by atoms with E-state index in [2.05, 4.69) is 16.3 Å². The maximum Gasteiger partial charge on any atom is 0.0408 e. The molecule has 1 N–H and O–H groups in total. The molecule has 3 heteroatoms. The quantitative estimate of drug-likeness (QED) is 0.764. The van der Waals surface area contributed by atoms with E-state index in [9.17, 15) is 0 Å². The first-order valence-corrected chi connectivity index (χ1v) is 7.40. The summed E-state index contributed by atoms with van der Waals surface area (Å²) >= 11 is 5.95. The fraction of sp³-hybridized carbons (Fsp3) is 0.600. The lowest BCUT2D eigenvalue weighted by Gasteiger charge is -2.14. The molecule has 0 atom stereocenters. The van der Waals surface area contributed by atoms with E-state index in [1.165, 1.54) is 44.5 Å². The van der Waals surface area contributed by atoms with E-state index in [0.717, 1.165) is 24.5 Å². The molecule has 0 saturated carbocycles. The van der Waals surface area contributed by atoms with Crippen LogP contribution in [0.25, 0.3) is 0 Å². The van der Waals surface area contributed by atoms with Crippen molar-refractivity contribution in [3.63, 3.8) is 0 Å². The molecule has 0 amide bonds. The van der Waals surface area contributed by atoms with Gasteiger partial charge in [-0.25, -0.2) is 0 Å². The highest BCUT2D eigenvalue weighted by Crippen LogP contribution is 2.10. The lowest BCUT2D eigenvalue weighted by molar-refractivity contribution is 0.331. The van der Waals surface area contributed by atoms with Crippen LogP contribution in [0, 0.1) is 0 Å².